The van der Waals surface area contributed by atoms with Gasteiger partial charge in [0.25, 0.3) is 0 Å². The molecule has 0 bridgehead atoms. The Morgan fingerprint density at radius 2 is 2.06 bits per heavy atom. The van der Waals surface area contributed by atoms with Crippen LogP contribution in [0.5, 0.6) is 0 Å². The van der Waals surface area contributed by atoms with Crippen LogP contribution in [-0.4, -0.2) is 18.2 Å². The van der Waals surface area contributed by atoms with Gasteiger partial charge in [0, 0.05) is 0 Å². The summed E-state index contributed by atoms with van der Waals surface area (Å²) in [5.74, 6) is 0.629. The van der Waals surface area contributed by atoms with E-state index in [1.807, 2.05) is 26.8 Å². The summed E-state index contributed by atoms with van der Waals surface area (Å²) < 4.78 is 11.3. The fourth-order valence-corrected chi connectivity index (χ4v) is 2.60. The second-order valence-electron chi connectivity index (χ2n) is 6.29. The van der Waals surface area contributed by atoms with Gasteiger partial charge in [0.05, 0.1) is 13.0 Å². The summed E-state index contributed by atoms with van der Waals surface area (Å²) in [4.78, 5) is 11.8. The van der Waals surface area contributed by atoms with Crippen LogP contribution in [0.25, 0.3) is 0 Å². The molecule has 0 aromatic heterocycles. The molecular formula is C14H22O3. The summed E-state index contributed by atoms with van der Waals surface area (Å²) in [5.41, 5.74) is -0.298. The van der Waals surface area contributed by atoms with E-state index in [2.05, 4.69) is 0 Å². The van der Waals surface area contributed by atoms with Crippen LogP contribution < -0.4 is 0 Å². The first-order valence-corrected chi connectivity index (χ1v) is 6.47. The molecule has 1 spiro atoms. The zero-order chi connectivity index (χ0) is 12.5. The summed E-state index contributed by atoms with van der Waals surface area (Å²) in [6.45, 7) is 6.70. The molecule has 1 aliphatic heterocycles. The summed E-state index contributed by atoms with van der Waals surface area (Å²) in [6, 6.07) is 0. The Bertz CT molecular complexity index is 330. The molecule has 96 valence electrons. The standard InChI is InChI=1S/C14H22O3/c1-13(2,3)10-12(15)17-11-6-9-16-14(11)7-4-5-8-14/h6H,4-5,7-10H2,1-3H3. The average molecular weight is 238 g/mol. The van der Waals surface area contributed by atoms with Gasteiger partial charge in [-0.05, 0) is 37.2 Å². The van der Waals surface area contributed by atoms with E-state index in [4.69, 9.17) is 9.47 Å². The Labute approximate surface area is 103 Å². The van der Waals surface area contributed by atoms with Gasteiger partial charge in [-0.3, -0.25) is 4.79 Å². The van der Waals surface area contributed by atoms with E-state index in [9.17, 15) is 4.79 Å². The predicted octanol–water partition coefficient (Wildman–Crippen LogP) is 3.19. The third-order valence-corrected chi connectivity index (χ3v) is 3.39. The molecule has 17 heavy (non-hydrogen) atoms. The monoisotopic (exact) mass is 238 g/mol. The highest BCUT2D eigenvalue weighted by molar-refractivity contribution is 5.71. The normalized spacial score (nSPS) is 22.9. The molecule has 0 radical (unpaired) electrons. The van der Waals surface area contributed by atoms with Crippen LogP contribution in [0.15, 0.2) is 11.8 Å². The summed E-state index contributed by atoms with van der Waals surface area (Å²) in [5, 5.41) is 0. The predicted molar refractivity (Wildman–Crippen MR) is 65.4 cm³/mol. The zero-order valence-electron chi connectivity index (χ0n) is 11.0. The van der Waals surface area contributed by atoms with Gasteiger partial charge < -0.3 is 9.47 Å². The second-order valence-corrected chi connectivity index (χ2v) is 6.29. The maximum absolute atomic E-state index is 11.8. The highest BCUT2D eigenvalue weighted by atomic mass is 16.6. The van der Waals surface area contributed by atoms with Gasteiger partial charge in [-0.25, -0.2) is 0 Å². The molecule has 3 nitrogen and oxygen atoms in total. The van der Waals surface area contributed by atoms with E-state index in [0.29, 0.717) is 13.0 Å². The molecule has 2 rings (SSSR count). The van der Waals surface area contributed by atoms with Crippen LogP contribution >= 0.6 is 0 Å². The number of esters is 1. The number of carbonyl (C=O) groups is 1. The van der Waals surface area contributed by atoms with Crippen molar-refractivity contribution in [1.29, 1.82) is 0 Å². The molecule has 0 amide bonds. The number of ether oxygens (including phenoxy) is 2. The third-order valence-electron chi connectivity index (χ3n) is 3.39. The number of hydrogen-bond donors (Lipinski definition) is 0. The maximum Gasteiger partial charge on any atom is 0.311 e. The molecule has 1 saturated carbocycles. The molecule has 0 N–H and O–H groups in total. The van der Waals surface area contributed by atoms with Crippen molar-refractivity contribution >= 4 is 5.97 Å². The fourth-order valence-electron chi connectivity index (χ4n) is 2.60. The van der Waals surface area contributed by atoms with Crippen molar-refractivity contribution in [1.82, 2.24) is 0 Å². The van der Waals surface area contributed by atoms with E-state index < -0.39 is 0 Å². The Morgan fingerprint density at radius 3 is 2.65 bits per heavy atom. The van der Waals surface area contributed by atoms with Gasteiger partial charge in [-0.1, -0.05) is 20.8 Å². The maximum atomic E-state index is 11.8. The lowest BCUT2D eigenvalue weighted by atomic mass is 9.92. The van der Waals surface area contributed by atoms with Gasteiger partial charge in [-0.15, -0.1) is 0 Å². The number of carbonyl (C=O) groups excluding carboxylic acids is 1. The Balaban J connectivity index is 1.97. The highest BCUT2D eigenvalue weighted by Crippen LogP contribution is 2.42. The van der Waals surface area contributed by atoms with Crippen molar-refractivity contribution in [2.45, 2.75) is 58.5 Å². The molecule has 1 fully saturated rings. The third kappa shape index (κ3) is 2.89. The molecule has 0 aromatic rings. The molecule has 0 atom stereocenters. The van der Waals surface area contributed by atoms with Gasteiger partial charge in [0.2, 0.25) is 0 Å². The SMILES string of the molecule is CC(C)(C)CC(=O)OC1=CCOC12CCCC2. The lowest BCUT2D eigenvalue weighted by Gasteiger charge is -2.26. The molecule has 3 heteroatoms. The van der Waals surface area contributed by atoms with Gasteiger partial charge in [0.15, 0.2) is 0 Å². The Morgan fingerprint density at radius 1 is 1.41 bits per heavy atom. The van der Waals surface area contributed by atoms with Crippen molar-refractivity contribution in [3.05, 3.63) is 11.8 Å². The average Bonchev–Trinajstić information content (AvgIpc) is 2.76. The van der Waals surface area contributed by atoms with Crippen molar-refractivity contribution in [3.8, 4) is 0 Å². The molecule has 0 unspecified atom stereocenters. The fraction of sp³-hybridized carbons (Fsp3) is 0.786. The lowest BCUT2D eigenvalue weighted by Crippen LogP contribution is -2.30. The van der Waals surface area contributed by atoms with Crippen molar-refractivity contribution in [2.24, 2.45) is 5.41 Å². The van der Waals surface area contributed by atoms with E-state index in [1.165, 1.54) is 0 Å². The minimum Gasteiger partial charge on any atom is -0.428 e. The molecule has 0 aromatic carbocycles. The topological polar surface area (TPSA) is 35.5 Å². The van der Waals surface area contributed by atoms with E-state index in [1.54, 1.807) is 0 Å². The molecule has 1 aliphatic carbocycles. The first kappa shape index (κ1) is 12.6. The van der Waals surface area contributed by atoms with Crippen molar-refractivity contribution in [2.75, 3.05) is 6.61 Å². The molecule has 1 heterocycles. The minimum absolute atomic E-state index is 0.0278. The first-order valence-electron chi connectivity index (χ1n) is 6.47. The molecule has 0 saturated heterocycles. The molecular weight excluding hydrogens is 216 g/mol. The summed E-state index contributed by atoms with van der Waals surface area (Å²) in [7, 11) is 0. The summed E-state index contributed by atoms with van der Waals surface area (Å²) >= 11 is 0. The lowest BCUT2D eigenvalue weighted by molar-refractivity contribution is -0.145. The Hall–Kier alpha value is -0.830. The van der Waals surface area contributed by atoms with Crippen LogP contribution in [0.3, 0.4) is 0 Å². The number of hydrogen-bond acceptors (Lipinski definition) is 3. The summed E-state index contributed by atoms with van der Waals surface area (Å²) in [6.07, 6.45) is 6.66. The van der Waals surface area contributed by atoms with Crippen LogP contribution in [-0.2, 0) is 14.3 Å². The Kier molecular flexibility index (Phi) is 3.30. The van der Waals surface area contributed by atoms with E-state index in [-0.39, 0.29) is 17.0 Å². The highest BCUT2D eigenvalue weighted by Gasteiger charge is 2.44. The zero-order valence-corrected chi connectivity index (χ0v) is 11.0. The first-order chi connectivity index (χ1) is 7.91. The smallest absolute Gasteiger partial charge is 0.311 e. The van der Waals surface area contributed by atoms with Crippen molar-refractivity contribution in [3.63, 3.8) is 0 Å². The van der Waals surface area contributed by atoms with Gasteiger partial charge in [0.1, 0.15) is 11.4 Å². The van der Waals surface area contributed by atoms with Crippen LogP contribution in [0.1, 0.15) is 52.9 Å². The van der Waals surface area contributed by atoms with Gasteiger partial charge >= 0.3 is 5.97 Å². The van der Waals surface area contributed by atoms with Crippen LogP contribution in [0.2, 0.25) is 0 Å². The second kappa shape index (κ2) is 4.45. The largest absolute Gasteiger partial charge is 0.428 e. The van der Waals surface area contributed by atoms with Crippen LogP contribution in [0.4, 0.5) is 0 Å². The minimum atomic E-state index is -0.270. The van der Waals surface area contributed by atoms with Crippen LogP contribution in [0, 0.1) is 5.41 Å². The van der Waals surface area contributed by atoms with E-state index >= 15 is 0 Å². The van der Waals surface area contributed by atoms with E-state index in [0.717, 1.165) is 31.4 Å². The quantitative estimate of drug-likeness (QED) is 0.693. The van der Waals surface area contributed by atoms with Gasteiger partial charge in [-0.2, -0.15) is 0 Å². The number of rotatable bonds is 2. The molecule has 2 aliphatic rings. The van der Waals surface area contributed by atoms with Crippen molar-refractivity contribution < 1.29 is 14.3 Å².